The molecule has 6 nitrogen and oxygen atoms in total. The van der Waals surface area contributed by atoms with Crippen molar-refractivity contribution in [3.05, 3.63) is 78.0 Å². The predicted octanol–water partition coefficient (Wildman–Crippen LogP) is 2.73. The normalized spacial score (nSPS) is 13.0. The van der Waals surface area contributed by atoms with Crippen molar-refractivity contribution in [2.75, 3.05) is 0 Å². The SMILES string of the molecule is Cc1ccc(Oc2ccc(-c3cccc([C@@H](O)[C@H](O)C(N)=O)n3)cc2)cc1. The fourth-order valence-electron chi connectivity index (χ4n) is 2.53. The van der Waals surface area contributed by atoms with Gasteiger partial charge in [-0.15, -0.1) is 0 Å². The van der Waals surface area contributed by atoms with Gasteiger partial charge in [0.1, 0.15) is 17.6 Å². The van der Waals surface area contributed by atoms with Crippen molar-refractivity contribution in [1.29, 1.82) is 0 Å². The molecule has 0 bridgehead atoms. The van der Waals surface area contributed by atoms with E-state index in [0.29, 0.717) is 11.4 Å². The van der Waals surface area contributed by atoms with Gasteiger partial charge in [0.05, 0.1) is 11.4 Å². The van der Waals surface area contributed by atoms with Crippen LogP contribution in [0.2, 0.25) is 0 Å². The predicted molar refractivity (Wildman–Crippen MR) is 101 cm³/mol. The summed E-state index contributed by atoms with van der Waals surface area (Å²) < 4.78 is 5.80. The lowest BCUT2D eigenvalue weighted by molar-refractivity contribution is -0.132. The van der Waals surface area contributed by atoms with Gasteiger partial charge in [-0.1, -0.05) is 23.8 Å². The molecule has 0 spiro atoms. The topological polar surface area (TPSA) is 106 Å². The Labute approximate surface area is 156 Å². The second kappa shape index (κ2) is 7.99. The molecule has 0 fully saturated rings. The summed E-state index contributed by atoms with van der Waals surface area (Å²) >= 11 is 0. The van der Waals surface area contributed by atoms with E-state index in [4.69, 9.17) is 10.5 Å². The summed E-state index contributed by atoms with van der Waals surface area (Å²) in [5.74, 6) is 0.423. The van der Waals surface area contributed by atoms with Gasteiger partial charge in [-0.3, -0.25) is 4.79 Å². The molecule has 6 heteroatoms. The van der Waals surface area contributed by atoms with Crippen LogP contribution in [0.5, 0.6) is 11.5 Å². The second-order valence-electron chi connectivity index (χ2n) is 6.18. The number of pyridine rings is 1. The van der Waals surface area contributed by atoms with Gasteiger partial charge in [0.2, 0.25) is 5.91 Å². The number of nitrogens with zero attached hydrogens (tertiary/aromatic N) is 1. The molecule has 0 unspecified atom stereocenters. The quantitative estimate of drug-likeness (QED) is 0.624. The standard InChI is InChI=1S/C21H20N2O4/c1-13-5-9-15(10-6-13)27-16-11-7-14(8-12-16)17-3-2-4-18(23-17)19(24)20(25)21(22)26/h2-12,19-20,24-25H,1H3,(H2,22,26)/t19-,20+/m1/s1. The molecule has 3 rings (SSSR count). The first-order valence-corrected chi connectivity index (χ1v) is 8.41. The van der Waals surface area contributed by atoms with Gasteiger partial charge in [-0.05, 0) is 55.5 Å². The number of aliphatic hydroxyl groups is 2. The Morgan fingerprint density at radius 3 is 2.15 bits per heavy atom. The molecule has 27 heavy (non-hydrogen) atoms. The lowest BCUT2D eigenvalue weighted by atomic mass is 10.1. The number of benzene rings is 2. The molecule has 0 aliphatic rings. The number of carbonyl (C=O) groups excluding carboxylic acids is 1. The zero-order chi connectivity index (χ0) is 19.4. The molecule has 2 aromatic carbocycles. The van der Waals surface area contributed by atoms with Crippen LogP contribution in [0.25, 0.3) is 11.3 Å². The molecule has 1 amide bonds. The molecule has 0 aliphatic heterocycles. The highest BCUT2D eigenvalue weighted by molar-refractivity contribution is 5.79. The van der Waals surface area contributed by atoms with E-state index in [1.807, 2.05) is 55.5 Å². The highest BCUT2D eigenvalue weighted by Crippen LogP contribution is 2.26. The lowest BCUT2D eigenvalue weighted by Crippen LogP contribution is -2.34. The number of aryl methyl sites for hydroxylation is 1. The molecule has 0 saturated carbocycles. The van der Waals surface area contributed by atoms with E-state index in [2.05, 4.69) is 4.98 Å². The van der Waals surface area contributed by atoms with Gasteiger partial charge in [-0.25, -0.2) is 4.98 Å². The van der Waals surface area contributed by atoms with E-state index in [1.54, 1.807) is 12.1 Å². The first-order valence-electron chi connectivity index (χ1n) is 8.41. The van der Waals surface area contributed by atoms with Crippen LogP contribution in [0.3, 0.4) is 0 Å². The van der Waals surface area contributed by atoms with E-state index in [1.165, 1.54) is 6.07 Å². The summed E-state index contributed by atoms with van der Waals surface area (Å²) in [6, 6.07) is 20.0. The van der Waals surface area contributed by atoms with Crippen LogP contribution in [0, 0.1) is 6.92 Å². The van der Waals surface area contributed by atoms with E-state index in [0.717, 1.165) is 16.9 Å². The summed E-state index contributed by atoms with van der Waals surface area (Å²) in [5.41, 5.74) is 7.73. The van der Waals surface area contributed by atoms with Gasteiger partial charge >= 0.3 is 0 Å². The molecule has 4 N–H and O–H groups in total. The van der Waals surface area contributed by atoms with Crippen molar-refractivity contribution in [1.82, 2.24) is 4.98 Å². The van der Waals surface area contributed by atoms with Crippen molar-refractivity contribution in [3.63, 3.8) is 0 Å². The Balaban J connectivity index is 1.78. The zero-order valence-electron chi connectivity index (χ0n) is 14.7. The summed E-state index contributed by atoms with van der Waals surface area (Å²) in [6.45, 7) is 2.01. The van der Waals surface area contributed by atoms with E-state index in [9.17, 15) is 15.0 Å². The lowest BCUT2D eigenvalue weighted by Gasteiger charge is -2.15. The molecule has 138 valence electrons. The van der Waals surface area contributed by atoms with Gasteiger partial charge in [0.15, 0.2) is 6.10 Å². The average molecular weight is 364 g/mol. The van der Waals surface area contributed by atoms with Crippen molar-refractivity contribution in [2.24, 2.45) is 5.73 Å². The minimum absolute atomic E-state index is 0.166. The Morgan fingerprint density at radius 1 is 0.963 bits per heavy atom. The largest absolute Gasteiger partial charge is 0.457 e. The molecular formula is C21H20N2O4. The van der Waals surface area contributed by atoms with Crippen molar-refractivity contribution in [3.8, 4) is 22.8 Å². The van der Waals surface area contributed by atoms with Crippen molar-refractivity contribution >= 4 is 5.91 Å². The van der Waals surface area contributed by atoms with Gasteiger partial charge in [0.25, 0.3) is 0 Å². The fraction of sp³-hybridized carbons (Fsp3) is 0.143. The monoisotopic (exact) mass is 364 g/mol. The molecule has 0 saturated heterocycles. The smallest absolute Gasteiger partial charge is 0.249 e. The maximum atomic E-state index is 11.0. The maximum Gasteiger partial charge on any atom is 0.249 e. The third kappa shape index (κ3) is 4.49. The summed E-state index contributed by atoms with van der Waals surface area (Å²) in [4.78, 5) is 15.4. The Morgan fingerprint density at radius 2 is 1.56 bits per heavy atom. The van der Waals surface area contributed by atoms with Gasteiger partial charge < -0.3 is 20.7 Å². The second-order valence-corrected chi connectivity index (χ2v) is 6.18. The minimum atomic E-state index is -1.71. The number of aromatic nitrogens is 1. The highest BCUT2D eigenvalue weighted by Gasteiger charge is 2.24. The maximum absolute atomic E-state index is 11.0. The van der Waals surface area contributed by atoms with Crippen molar-refractivity contribution in [2.45, 2.75) is 19.1 Å². The molecule has 0 aliphatic carbocycles. The third-order valence-corrected chi connectivity index (χ3v) is 4.07. The number of nitrogens with two attached hydrogens (primary N) is 1. The number of amides is 1. The van der Waals surface area contributed by atoms with Crippen molar-refractivity contribution < 1.29 is 19.7 Å². The van der Waals surface area contributed by atoms with Crippen LogP contribution in [-0.4, -0.2) is 27.2 Å². The molecule has 1 aromatic heterocycles. The first kappa shape index (κ1) is 18.6. The Bertz CT molecular complexity index is 924. The molecular weight excluding hydrogens is 344 g/mol. The Hall–Kier alpha value is -3.22. The van der Waals surface area contributed by atoms with Gasteiger partial charge in [0, 0.05) is 5.56 Å². The molecule has 2 atom stereocenters. The molecule has 1 heterocycles. The number of primary amides is 1. The van der Waals surface area contributed by atoms with Gasteiger partial charge in [-0.2, -0.15) is 0 Å². The number of hydrogen-bond acceptors (Lipinski definition) is 5. The number of rotatable bonds is 6. The summed E-state index contributed by atoms with van der Waals surface area (Å²) in [5, 5.41) is 19.6. The average Bonchev–Trinajstić information content (AvgIpc) is 2.69. The van der Waals surface area contributed by atoms with Crippen LogP contribution in [0.4, 0.5) is 0 Å². The summed E-state index contributed by atoms with van der Waals surface area (Å²) in [7, 11) is 0. The van der Waals surface area contributed by atoms with E-state index >= 15 is 0 Å². The minimum Gasteiger partial charge on any atom is -0.457 e. The number of carbonyl (C=O) groups is 1. The molecule has 3 aromatic rings. The highest BCUT2D eigenvalue weighted by atomic mass is 16.5. The van der Waals surface area contributed by atoms with E-state index < -0.39 is 18.1 Å². The van der Waals surface area contributed by atoms with Crippen LogP contribution in [-0.2, 0) is 4.79 Å². The van der Waals surface area contributed by atoms with E-state index in [-0.39, 0.29) is 5.69 Å². The number of hydrogen-bond donors (Lipinski definition) is 3. The fourth-order valence-corrected chi connectivity index (χ4v) is 2.53. The summed E-state index contributed by atoms with van der Waals surface area (Å²) in [6.07, 6.45) is -3.19. The van der Waals surface area contributed by atoms with Crippen LogP contribution in [0.1, 0.15) is 17.4 Å². The Kier molecular flexibility index (Phi) is 5.49. The molecule has 0 radical (unpaired) electrons. The number of aliphatic hydroxyl groups excluding tert-OH is 2. The first-order chi connectivity index (χ1) is 12.9. The number of ether oxygens (including phenoxy) is 1. The third-order valence-electron chi connectivity index (χ3n) is 4.07. The van der Waals surface area contributed by atoms with Crippen LogP contribution >= 0.6 is 0 Å². The van der Waals surface area contributed by atoms with Crippen LogP contribution in [0.15, 0.2) is 66.7 Å². The zero-order valence-corrected chi connectivity index (χ0v) is 14.7. The van der Waals surface area contributed by atoms with Crippen LogP contribution < -0.4 is 10.5 Å².